The summed E-state index contributed by atoms with van der Waals surface area (Å²) in [5.41, 5.74) is 7.48. The predicted molar refractivity (Wildman–Crippen MR) is 76.0 cm³/mol. The maximum absolute atomic E-state index is 5.63. The Morgan fingerprint density at radius 1 is 1.39 bits per heavy atom. The number of thiophene rings is 1. The molecule has 2 aromatic heterocycles. The number of anilines is 1. The number of rotatable bonds is 5. The molecule has 0 radical (unpaired) electrons. The fraction of sp³-hybridized carbons (Fsp3) is 0.385. The Labute approximate surface area is 111 Å². The van der Waals surface area contributed by atoms with Crippen LogP contribution < -0.4 is 10.6 Å². The largest absolute Gasteiger partial charge is 0.344 e. The van der Waals surface area contributed by atoms with E-state index in [1.807, 2.05) is 20.0 Å². The van der Waals surface area contributed by atoms with E-state index in [1.54, 1.807) is 11.3 Å². The van der Waals surface area contributed by atoms with Gasteiger partial charge < -0.3 is 10.6 Å². The van der Waals surface area contributed by atoms with E-state index in [1.165, 1.54) is 4.88 Å². The Morgan fingerprint density at radius 3 is 2.89 bits per heavy atom. The molecule has 2 rings (SSSR count). The van der Waals surface area contributed by atoms with Gasteiger partial charge in [-0.3, -0.25) is 0 Å². The number of aryl methyl sites for hydroxylation is 1. The van der Waals surface area contributed by atoms with Crippen molar-refractivity contribution >= 4 is 17.3 Å². The maximum atomic E-state index is 5.63. The van der Waals surface area contributed by atoms with Crippen molar-refractivity contribution in [2.45, 2.75) is 19.9 Å². The zero-order chi connectivity index (χ0) is 13.0. The van der Waals surface area contributed by atoms with Gasteiger partial charge in [-0.15, -0.1) is 11.3 Å². The van der Waals surface area contributed by atoms with Crippen LogP contribution >= 0.6 is 11.3 Å². The lowest BCUT2D eigenvalue weighted by Crippen LogP contribution is -2.23. The smallest absolute Gasteiger partial charge is 0.225 e. The van der Waals surface area contributed by atoms with Crippen molar-refractivity contribution in [1.29, 1.82) is 0 Å². The lowest BCUT2D eigenvalue weighted by Gasteiger charge is -2.17. The lowest BCUT2D eigenvalue weighted by atomic mass is 10.3. The number of nitrogens with two attached hydrogens (primary N) is 1. The van der Waals surface area contributed by atoms with Gasteiger partial charge in [-0.05, 0) is 30.9 Å². The Balaban J connectivity index is 2.03. The highest BCUT2D eigenvalue weighted by atomic mass is 32.1. The van der Waals surface area contributed by atoms with Crippen molar-refractivity contribution in [3.05, 3.63) is 39.8 Å². The van der Waals surface area contributed by atoms with Crippen LogP contribution in [0.25, 0.3) is 0 Å². The first-order chi connectivity index (χ1) is 8.69. The van der Waals surface area contributed by atoms with Crippen molar-refractivity contribution in [1.82, 2.24) is 9.97 Å². The molecule has 4 nitrogen and oxygen atoms in total. The summed E-state index contributed by atoms with van der Waals surface area (Å²) in [5, 5.41) is 2.10. The van der Waals surface area contributed by atoms with Crippen molar-refractivity contribution in [2.75, 3.05) is 18.5 Å². The summed E-state index contributed by atoms with van der Waals surface area (Å²) in [5.74, 6) is 0.756. The molecule has 0 unspecified atom stereocenters. The molecule has 0 atom stereocenters. The highest BCUT2D eigenvalue weighted by Gasteiger charge is 2.07. The van der Waals surface area contributed by atoms with Gasteiger partial charge in [0.15, 0.2) is 0 Å². The Morgan fingerprint density at radius 2 is 2.22 bits per heavy atom. The molecule has 2 N–H and O–H groups in total. The first-order valence-electron chi connectivity index (χ1n) is 5.97. The zero-order valence-electron chi connectivity index (χ0n) is 10.8. The number of hydrogen-bond acceptors (Lipinski definition) is 5. The first-order valence-corrected chi connectivity index (χ1v) is 6.85. The molecule has 0 bridgehead atoms. The Bertz CT molecular complexity index is 496. The van der Waals surface area contributed by atoms with Gasteiger partial charge in [0.05, 0.1) is 5.69 Å². The van der Waals surface area contributed by atoms with E-state index in [9.17, 15) is 0 Å². The third kappa shape index (κ3) is 3.27. The molecule has 0 aliphatic rings. The molecular weight excluding hydrogens is 244 g/mol. The van der Waals surface area contributed by atoms with Crippen molar-refractivity contribution in [3.8, 4) is 0 Å². The van der Waals surface area contributed by atoms with Gasteiger partial charge in [0.2, 0.25) is 5.95 Å². The van der Waals surface area contributed by atoms with E-state index in [-0.39, 0.29) is 0 Å². The van der Waals surface area contributed by atoms with E-state index in [2.05, 4.69) is 32.4 Å². The fourth-order valence-electron chi connectivity index (χ4n) is 1.72. The molecule has 18 heavy (non-hydrogen) atoms. The molecule has 96 valence electrons. The minimum atomic E-state index is 0.453. The van der Waals surface area contributed by atoms with E-state index >= 15 is 0 Å². The van der Waals surface area contributed by atoms with Crippen LogP contribution in [0.4, 0.5) is 5.95 Å². The highest BCUT2D eigenvalue weighted by molar-refractivity contribution is 7.09. The molecule has 2 aromatic rings. The third-order valence-corrected chi connectivity index (χ3v) is 3.66. The fourth-order valence-corrected chi connectivity index (χ4v) is 2.42. The van der Waals surface area contributed by atoms with Crippen LogP contribution in [-0.2, 0) is 13.0 Å². The first kappa shape index (κ1) is 13.0. The van der Waals surface area contributed by atoms with Crippen LogP contribution in [0.5, 0.6) is 0 Å². The molecular formula is C13H18N4S. The van der Waals surface area contributed by atoms with Gasteiger partial charge >= 0.3 is 0 Å². The van der Waals surface area contributed by atoms with E-state index in [4.69, 9.17) is 5.73 Å². The third-order valence-electron chi connectivity index (χ3n) is 2.72. The minimum absolute atomic E-state index is 0.453. The number of aromatic nitrogens is 2. The zero-order valence-corrected chi connectivity index (χ0v) is 11.6. The normalized spacial score (nSPS) is 10.6. The number of nitrogens with zero attached hydrogens (tertiary/aromatic N) is 3. The minimum Gasteiger partial charge on any atom is -0.344 e. The standard InChI is InChI=1S/C13H18N4S/c1-10-8-11(9-14)16-13(15-10)17(2)6-5-12-4-3-7-18-12/h3-4,7-8H,5-6,9,14H2,1-2H3. The summed E-state index contributed by atoms with van der Waals surface area (Å²) in [6.45, 7) is 3.33. The SMILES string of the molecule is Cc1cc(CN)nc(N(C)CCc2cccs2)n1. The summed E-state index contributed by atoms with van der Waals surface area (Å²) in [7, 11) is 2.02. The maximum Gasteiger partial charge on any atom is 0.225 e. The van der Waals surface area contributed by atoms with Crippen LogP contribution in [0.2, 0.25) is 0 Å². The van der Waals surface area contributed by atoms with Crippen molar-refractivity contribution in [2.24, 2.45) is 5.73 Å². The van der Waals surface area contributed by atoms with Crippen molar-refractivity contribution in [3.63, 3.8) is 0 Å². The van der Waals surface area contributed by atoms with E-state index in [0.29, 0.717) is 6.54 Å². The van der Waals surface area contributed by atoms with Crippen LogP contribution in [0, 0.1) is 6.92 Å². The number of hydrogen-bond donors (Lipinski definition) is 1. The summed E-state index contributed by atoms with van der Waals surface area (Å²) < 4.78 is 0. The second-order valence-electron chi connectivity index (χ2n) is 4.26. The van der Waals surface area contributed by atoms with Crippen molar-refractivity contribution < 1.29 is 0 Å². The summed E-state index contributed by atoms with van der Waals surface area (Å²) in [4.78, 5) is 12.3. The molecule has 0 amide bonds. The van der Waals surface area contributed by atoms with Gasteiger partial charge in [0, 0.05) is 30.7 Å². The summed E-state index contributed by atoms with van der Waals surface area (Å²) in [6.07, 6.45) is 1.02. The molecule has 0 saturated heterocycles. The van der Waals surface area contributed by atoms with Gasteiger partial charge in [-0.1, -0.05) is 6.07 Å². The van der Waals surface area contributed by atoms with Gasteiger partial charge in [0.25, 0.3) is 0 Å². The van der Waals surface area contributed by atoms with Crippen LogP contribution in [-0.4, -0.2) is 23.6 Å². The van der Waals surface area contributed by atoms with Gasteiger partial charge in [-0.2, -0.15) is 0 Å². The summed E-state index contributed by atoms with van der Waals surface area (Å²) in [6, 6.07) is 6.16. The van der Waals surface area contributed by atoms with Crippen LogP contribution in [0.15, 0.2) is 23.6 Å². The van der Waals surface area contributed by atoms with Crippen LogP contribution in [0.1, 0.15) is 16.3 Å². The number of likely N-dealkylation sites (N-methyl/N-ethyl adjacent to an activating group) is 1. The average molecular weight is 262 g/mol. The molecule has 0 saturated carbocycles. The Hall–Kier alpha value is -1.46. The van der Waals surface area contributed by atoms with Gasteiger partial charge in [-0.25, -0.2) is 9.97 Å². The molecule has 2 heterocycles. The average Bonchev–Trinajstić information content (AvgIpc) is 2.88. The quantitative estimate of drug-likeness (QED) is 0.895. The summed E-state index contributed by atoms with van der Waals surface area (Å²) >= 11 is 1.78. The predicted octanol–water partition coefficient (Wildman–Crippen LogP) is 1.98. The van der Waals surface area contributed by atoms with Crippen LogP contribution in [0.3, 0.4) is 0 Å². The van der Waals surface area contributed by atoms with E-state index < -0.39 is 0 Å². The molecule has 0 aliphatic heterocycles. The molecule has 0 aliphatic carbocycles. The monoisotopic (exact) mass is 262 g/mol. The molecule has 0 fully saturated rings. The molecule has 5 heteroatoms. The second-order valence-corrected chi connectivity index (χ2v) is 5.29. The van der Waals surface area contributed by atoms with Gasteiger partial charge in [0.1, 0.15) is 0 Å². The second kappa shape index (κ2) is 5.93. The lowest BCUT2D eigenvalue weighted by molar-refractivity contribution is 0.823. The topological polar surface area (TPSA) is 55.0 Å². The Kier molecular flexibility index (Phi) is 4.28. The van der Waals surface area contributed by atoms with E-state index in [0.717, 1.165) is 30.3 Å². The highest BCUT2D eigenvalue weighted by Crippen LogP contribution is 2.12. The molecule has 0 spiro atoms. The molecule has 0 aromatic carbocycles.